The average Bonchev–Trinajstić information content (AvgIpc) is 3.17. The lowest BCUT2D eigenvalue weighted by Crippen LogP contribution is -2.15. The van der Waals surface area contributed by atoms with Crippen LogP contribution in [0.3, 0.4) is 0 Å². The van der Waals surface area contributed by atoms with Gasteiger partial charge in [-0.05, 0) is 25.1 Å². The highest BCUT2D eigenvalue weighted by molar-refractivity contribution is 7.99. The second-order valence-corrected chi connectivity index (χ2v) is 6.65. The maximum atomic E-state index is 12.1. The molecule has 1 N–H and O–H groups in total. The summed E-state index contributed by atoms with van der Waals surface area (Å²) in [5, 5.41) is 32.1. The molecule has 1 amide bonds. The fourth-order valence-electron chi connectivity index (χ4n) is 2.38. The maximum Gasteiger partial charge on any atom is 0.277 e. The summed E-state index contributed by atoms with van der Waals surface area (Å²) in [7, 11) is 0. The van der Waals surface area contributed by atoms with Gasteiger partial charge < -0.3 is 9.73 Å². The molecule has 0 radical (unpaired) electrons. The molecular weight excluding hydrogens is 402 g/mol. The molecule has 2 aromatic carbocycles. The van der Waals surface area contributed by atoms with E-state index < -0.39 is 15.8 Å². The molecule has 12 heteroatoms. The Morgan fingerprint density at radius 2 is 1.83 bits per heavy atom. The molecule has 29 heavy (non-hydrogen) atoms. The van der Waals surface area contributed by atoms with Gasteiger partial charge in [0.05, 0.1) is 26.9 Å². The van der Waals surface area contributed by atoms with Gasteiger partial charge in [0.15, 0.2) is 0 Å². The number of nitro groups is 2. The Hall–Kier alpha value is -3.80. The number of carbonyl (C=O) groups excluding carboxylic acids is 1. The minimum Gasteiger partial charge on any atom is -0.411 e. The number of benzene rings is 2. The summed E-state index contributed by atoms with van der Waals surface area (Å²) in [6, 6.07) is 10.0. The van der Waals surface area contributed by atoms with Crippen molar-refractivity contribution in [2.24, 2.45) is 0 Å². The van der Waals surface area contributed by atoms with Crippen molar-refractivity contribution in [2.45, 2.75) is 12.1 Å². The number of carbonyl (C=O) groups is 1. The lowest BCUT2D eigenvalue weighted by atomic mass is 10.1. The minimum absolute atomic E-state index is 0.0516. The van der Waals surface area contributed by atoms with Crippen LogP contribution >= 0.6 is 11.8 Å². The van der Waals surface area contributed by atoms with Gasteiger partial charge in [-0.3, -0.25) is 25.0 Å². The molecule has 0 aliphatic carbocycles. The molecule has 3 aromatic rings. The average molecular weight is 415 g/mol. The number of rotatable bonds is 7. The van der Waals surface area contributed by atoms with E-state index >= 15 is 0 Å². The van der Waals surface area contributed by atoms with E-state index in [2.05, 4.69) is 15.5 Å². The molecule has 0 saturated carbocycles. The van der Waals surface area contributed by atoms with Gasteiger partial charge in [0.1, 0.15) is 0 Å². The first kappa shape index (κ1) is 19.9. The normalized spacial score (nSPS) is 10.5. The number of amides is 1. The number of nitrogens with one attached hydrogen (secondary N) is 1. The lowest BCUT2D eigenvalue weighted by molar-refractivity contribution is -0.385. The molecule has 0 saturated heterocycles. The quantitative estimate of drug-likeness (QED) is 0.346. The SMILES string of the molecule is Cc1c(NC(=O)CSc2nnc(-c3ccc([N+](=O)[O-])cc3)o2)cccc1[N+](=O)[O-]. The van der Waals surface area contributed by atoms with E-state index in [0.29, 0.717) is 16.8 Å². The van der Waals surface area contributed by atoms with Crippen molar-refractivity contribution >= 4 is 34.7 Å². The van der Waals surface area contributed by atoms with Crippen molar-refractivity contribution < 1.29 is 19.1 Å². The van der Waals surface area contributed by atoms with E-state index in [4.69, 9.17) is 4.42 Å². The zero-order chi connectivity index (χ0) is 21.0. The van der Waals surface area contributed by atoms with Crippen molar-refractivity contribution in [2.75, 3.05) is 11.1 Å². The molecule has 0 unspecified atom stereocenters. The van der Waals surface area contributed by atoms with Crippen molar-refractivity contribution in [3.05, 3.63) is 68.3 Å². The minimum atomic E-state index is -0.516. The number of nitro benzene ring substituents is 2. The third-order valence-corrected chi connectivity index (χ3v) is 4.65. The van der Waals surface area contributed by atoms with Crippen LogP contribution < -0.4 is 5.32 Å². The van der Waals surface area contributed by atoms with E-state index in [-0.39, 0.29) is 28.2 Å². The van der Waals surface area contributed by atoms with Crippen LogP contribution in [0, 0.1) is 27.2 Å². The molecular formula is C17H13N5O6S. The van der Waals surface area contributed by atoms with Crippen LogP contribution in [0.25, 0.3) is 11.5 Å². The molecule has 0 aliphatic rings. The van der Waals surface area contributed by atoms with Gasteiger partial charge in [-0.25, -0.2) is 0 Å². The van der Waals surface area contributed by atoms with Gasteiger partial charge in [-0.2, -0.15) is 0 Å². The van der Waals surface area contributed by atoms with Crippen LogP contribution in [0.4, 0.5) is 17.1 Å². The Balaban J connectivity index is 1.61. The molecule has 0 aliphatic heterocycles. The lowest BCUT2D eigenvalue weighted by Gasteiger charge is -2.07. The first-order valence-corrected chi connectivity index (χ1v) is 9.08. The predicted molar refractivity (Wildman–Crippen MR) is 104 cm³/mol. The fourth-order valence-corrected chi connectivity index (χ4v) is 2.94. The van der Waals surface area contributed by atoms with Crippen LogP contribution in [0.2, 0.25) is 0 Å². The zero-order valence-electron chi connectivity index (χ0n) is 14.9. The molecule has 0 spiro atoms. The Morgan fingerprint density at radius 3 is 2.48 bits per heavy atom. The Morgan fingerprint density at radius 1 is 1.10 bits per heavy atom. The van der Waals surface area contributed by atoms with Crippen LogP contribution in [0.5, 0.6) is 0 Å². The topological polar surface area (TPSA) is 154 Å². The summed E-state index contributed by atoms with van der Waals surface area (Å²) in [6.45, 7) is 1.55. The van der Waals surface area contributed by atoms with E-state index in [0.717, 1.165) is 11.8 Å². The van der Waals surface area contributed by atoms with Crippen molar-refractivity contribution in [1.82, 2.24) is 10.2 Å². The number of hydrogen-bond acceptors (Lipinski definition) is 9. The van der Waals surface area contributed by atoms with Crippen LogP contribution in [0.15, 0.2) is 52.1 Å². The number of hydrogen-bond donors (Lipinski definition) is 1. The summed E-state index contributed by atoms with van der Waals surface area (Å²) in [6.07, 6.45) is 0. The van der Waals surface area contributed by atoms with Crippen molar-refractivity contribution in [3.63, 3.8) is 0 Å². The van der Waals surface area contributed by atoms with Gasteiger partial charge >= 0.3 is 0 Å². The van der Waals surface area contributed by atoms with E-state index in [1.54, 1.807) is 13.0 Å². The second kappa shape index (κ2) is 8.48. The number of thioether (sulfide) groups is 1. The van der Waals surface area contributed by atoms with Crippen molar-refractivity contribution in [1.29, 1.82) is 0 Å². The number of nitrogens with zero attached hydrogens (tertiary/aromatic N) is 4. The molecule has 0 bridgehead atoms. The van der Waals surface area contributed by atoms with Crippen LogP contribution in [0.1, 0.15) is 5.56 Å². The van der Waals surface area contributed by atoms with Crippen LogP contribution in [-0.2, 0) is 4.79 Å². The third-order valence-electron chi connectivity index (χ3n) is 3.83. The Bertz CT molecular complexity index is 1080. The number of non-ortho nitro benzene ring substituents is 1. The van der Waals surface area contributed by atoms with Gasteiger partial charge in [-0.1, -0.05) is 17.8 Å². The smallest absolute Gasteiger partial charge is 0.277 e. The summed E-state index contributed by atoms with van der Waals surface area (Å²) >= 11 is 0.993. The first-order valence-electron chi connectivity index (χ1n) is 8.10. The van der Waals surface area contributed by atoms with E-state index in [9.17, 15) is 25.0 Å². The highest BCUT2D eigenvalue weighted by atomic mass is 32.2. The molecule has 148 valence electrons. The Kier molecular flexibility index (Phi) is 5.83. The molecule has 0 fully saturated rings. The molecule has 1 heterocycles. The molecule has 11 nitrogen and oxygen atoms in total. The Labute approximate surface area is 167 Å². The summed E-state index contributed by atoms with van der Waals surface area (Å²) in [4.78, 5) is 32.8. The largest absolute Gasteiger partial charge is 0.411 e. The molecule has 3 rings (SSSR count). The van der Waals surface area contributed by atoms with Gasteiger partial charge in [0, 0.05) is 23.8 Å². The number of anilines is 1. The summed E-state index contributed by atoms with van der Waals surface area (Å²) < 4.78 is 5.45. The monoisotopic (exact) mass is 415 g/mol. The molecule has 0 atom stereocenters. The highest BCUT2D eigenvalue weighted by Gasteiger charge is 2.16. The highest BCUT2D eigenvalue weighted by Crippen LogP contribution is 2.27. The fraction of sp³-hybridized carbons (Fsp3) is 0.118. The van der Waals surface area contributed by atoms with Crippen LogP contribution in [-0.4, -0.2) is 31.7 Å². The second-order valence-electron chi connectivity index (χ2n) is 5.72. The summed E-state index contributed by atoms with van der Waals surface area (Å²) in [5.41, 5.74) is 1.07. The van der Waals surface area contributed by atoms with Gasteiger partial charge in [-0.15, -0.1) is 10.2 Å². The predicted octanol–water partition coefficient (Wildman–Crippen LogP) is 3.59. The van der Waals surface area contributed by atoms with E-state index in [1.807, 2.05) is 0 Å². The summed E-state index contributed by atoms with van der Waals surface area (Å²) in [5.74, 6) is -0.282. The third kappa shape index (κ3) is 4.73. The maximum absolute atomic E-state index is 12.1. The van der Waals surface area contributed by atoms with Gasteiger partial charge in [0.25, 0.3) is 16.6 Å². The number of aromatic nitrogens is 2. The zero-order valence-corrected chi connectivity index (χ0v) is 15.7. The molecule has 1 aromatic heterocycles. The first-order chi connectivity index (χ1) is 13.8. The standard InChI is InChI=1S/C17H13N5O6S/c1-10-13(3-2-4-14(10)22(26)27)18-15(23)9-29-17-20-19-16(28-17)11-5-7-12(8-6-11)21(24)25/h2-8H,9H2,1H3,(H,18,23). The van der Waals surface area contributed by atoms with Gasteiger partial charge in [0.2, 0.25) is 11.8 Å². The van der Waals surface area contributed by atoms with Crippen molar-refractivity contribution in [3.8, 4) is 11.5 Å². The van der Waals surface area contributed by atoms with E-state index in [1.165, 1.54) is 36.4 Å².